The van der Waals surface area contributed by atoms with E-state index in [1.54, 1.807) is 48.5 Å². The fourth-order valence-corrected chi connectivity index (χ4v) is 3.24. The summed E-state index contributed by atoms with van der Waals surface area (Å²) in [7, 11) is 0. The normalized spacial score (nSPS) is 10.8. The molecule has 6 nitrogen and oxygen atoms in total. The van der Waals surface area contributed by atoms with Gasteiger partial charge in [0.2, 0.25) is 0 Å². The van der Waals surface area contributed by atoms with Crippen molar-refractivity contribution in [1.82, 2.24) is 0 Å². The van der Waals surface area contributed by atoms with Gasteiger partial charge in [-0.1, -0.05) is 36.4 Å². The van der Waals surface area contributed by atoms with Gasteiger partial charge in [0.05, 0.1) is 21.7 Å². The zero-order valence-corrected chi connectivity index (χ0v) is 17.8. The number of ether oxygens (including phenoxy) is 1. The van der Waals surface area contributed by atoms with Crippen molar-refractivity contribution in [3.63, 3.8) is 0 Å². The van der Waals surface area contributed by atoms with Crippen LogP contribution in [0.25, 0.3) is 11.6 Å². The van der Waals surface area contributed by atoms with E-state index in [1.165, 1.54) is 12.1 Å². The number of nitrogens with one attached hydrogen (secondary N) is 1. The summed E-state index contributed by atoms with van der Waals surface area (Å²) in [6, 6.07) is 22.6. The average Bonchev–Trinajstić information content (AvgIpc) is 2.77. The number of carboxylic acids is 1. The first kappa shape index (κ1) is 21.8. The molecule has 0 radical (unpaired) electrons. The number of carboxylic acid groups (broad SMARTS) is 1. The second kappa shape index (κ2) is 10.2. The summed E-state index contributed by atoms with van der Waals surface area (Å²) < 4.78 is 6.21. The molecule has 31 heavy (non-hydrogen) atoms. The van der Waals surface area contributed by atoms with Gasteiger partial charge in [-0.25, -0.2) is 4.79 Å². The molecular weight excluding hydrogens is 460 g/mol. The second-order valence-corrected chi connectivity index (χ2v) is 7.30. The molecule has 7 heteroatoms. The number of aromatic carboxylic acids is 1. The van der Waals surface area contributed by atoms with Crippen molar-refractivity contribution in [1.29, 1.82) is 5.26 Å². The van der Waals surface area contributed by atoms with Crippen LogP contribution in [0.4, 0.5) is 5.69 Å². The summed E-state index contributed by atoms with van der Waals surface area (Å²) in [6.07, 6.45) is 1.69. The molecule has 3 rings (SSSR count). The average molecular weight is 477 g/mol. The van der Waals surface area contributed by atoms with Gasteiger partial charge in [0.15, 0.2) is 6.61 Å². The first-order valence-electron chi connectivity index (χ1n) is 9.19. The predicted molar refractivity (Wildman–Crippen MR) is 122 cm³/mol. The van der Waals surface area contributed by atoms with Crippen LogP contribution >= 0.6 is 15.9 Å². The number of carbonyl (C=O) groups excluding carboxylic acids is 1. The molecule has 3 aromatic carbocycles. The smallest absolute Gasteiger partial charge is 0.335 e. The van der Waals surface area contributed by atoms with E-state index in [0.717, 1.165) is 5.56 Å². The lowest BCUT2D eigenvalue weighted by Crippen LogP contribution is -2.20. The van der Waals surface area contributed by atoms with Gasteiger partial charge in [0.1, 0.15) is 5.75 Å². The molecule has 0 spiro atoms. The fourth-order valence-electron chi connectivity index (χ4n) is 2.72. The number of rotatable bonds is 7. The molecule has 0 saturated carbocycles. The largest absolute Gasteiger partial charge is 0.483 e. The number of amides is 1. The molecule has 0 aliphatic rings. The number of benzene rings is 3. The lowest BCUT2D eigenvalue weighted by atomic mass is 10.0. The maximum atomic E-state index is 12.0. The SMILES string of the molecule is N#C/C(=C/c1ccc(OCC(=O)Nc2ccccc2)c(Br)c1)c1ccc(C(=O)O)cc1. The summed E-state index contributed by atoms with van der Waals surface area (Å²) in [6.45, 7) is -0.151. The van der Waals surface area contributed by atoms with Crippen LogP contribution in [0.2, 0.25) is 0 Å². The second-order valence-electron chi connectivity index (χ2n) is 6.45. The molecule has 154 valence electrons. The van der Waals surface area contributed by atoms with Gasteiger partial charge < -0.3 is 15.2 Å². The third-order valence-corrected chi connectivity index (χ3v) is 4.87. The molecule has 0 aliphatic heterocycles. The number of para-hydroxylation sites is 1. The van der Waals surface area contributed by atoms with Crippen LogP contribution in [0.5, 0.6) is 5.75 Å². The Balaban J connectivity index is 1.68. The summed E-state index contributed by atoms with van der Waals surface area (Å²) in [5.74, 6) is -0.811. The van der Waals surface area contributed by atoms with Crippen LogP contribution in [-0.2, 0) is 4.79 Å². The van der Waals surface area contributed by atoms with E-state index < -0.39 is 5.97 Å². The van der Waals surface area contributed by atoms with Gasteiger partial charge in [-0.2, -0.15) is 5.26 Å². The van der Waals surface area contributed by atoms with Gasteiger partial charge in [0, 0.05) is 5.69 Å². The van der Waals surface area contributed by atoms with Gasteiger partial charge in [-0.05, 0) is 69.5 Å². The zero-order chi connectivity index (χ0) is 22.2. The maximum absolute atomic E-state index is 12.0. The van der Waals surface area contributed by atoms with E-state index in [-0.39, 0.29) is 18.1 Å². The Hall–Kier alpha value is -3.89. The Kier molecular flexibility index (Phi) is 7.20. The quantitative estimate of drug-likeness (QED) is 0.359. The van der Waals surface area contributed by atoms with Crippen molar-refractivity contribution < 1.29 is 19.4 Å². The van der Waals surface area contributed by atoms with Crippen LogP contribution in [0.1, 0.15) is 21.5 Å². The molecule has 0 unspecified atom stereocenters. The van der Waals surface area contributed by atoms with E-state index in [9.17, 15) is 14.9 Å². The Labute approximate surface area is 187 Å². The minimum Gasteiger partial charge on any atom is -0.483 e. The number of halogens is 1. The van der Waals surface area contributed by atoms with Crippen molar-refractivity contribution in [3.05, 3.63) is 94.0 Å². The summed E-state index contributed by atoms with van der Waals surface area (Å²) in [5, 5.41) is 21.2. The van der Waals surface area contributed by atoms with Crippen LogP contribution in [-0.4, -0.2) is 23.6 Å². The minimum atomic E-state index is -1.02. The first-order chi connectivity index (χ1) is 15.0. The van der Waals surface area contributed by atoms with Crippen molar-refractivity contribution in [2.45, 2.75) is 0 Å². The number of hydrogen-bond acceptors (Lipinski definition) is 4. The molecule has 0 aliphatic carbocycles. The molecule has 0 aromatic heterocycles. The van der Waals surface area contributed by atoms with Crippen LogP contribution in [0, 0.1) is 11.3 Å². The highest BCUT2D eigenvalue weighted by Crippen LogP contribution is 2.28. The third kappa shape index (κ3) is 6.04. The Bertz CT molecular complexity index is 1170. The summed E-state index contributed by atoms with van der Waals surface area (Å²) in [4.78, 5) is 23.0. The number of nitrogens with zero attached hydrogens (tertiary/aromatic N) is 1. The molecule has 0 heterocycles. The summed E-state index contributed by atoms with van der Waals surface area (Å²) in [5.41, 5.74) is 2.59. The van der Waals surface area contributed by atoms with Crippen LogP contribution in [0.15, 0.2) is 77.3 Å². The minimum absolute atomic E-state index is 0.151. The highest BCUT2D eigenvalue weighted by molar-refractivity contribution is 9.10. The Morgan fingerprint density at radius 3 is 2.32 bits per heavy atom. The topological polar surface area (TPSA) is 99.4 Å². The number of hydrogen-bond donors (Lipinski definition) is 2. The molecule has 0 atom stereocenters. The first-order valence-corrected chi connectivity index (χ1v) is 9.98. The third-order valence-electron chi connectivity index (χ3n) is 4.25. The van der Waals surface area contributed by atoms with Crippen LogP contribution in [0.3, 0.4) is 0 Å². The van der Waals surface area contributed by atoms with Crippen molar-refractivity contribution in [2.24, 2.45) is 0 Å². The lowest BCUT2D eigenvalue weighted by molar-refractivity contribution is -0.118. The highest BCUT2D eigenvalue weighted by Gasteiger charge is 2.09. The van der Waals surface area contributed by atoms with Gasteiger partial charge in [-0.3, -0.25) is 4.79 Å². The Morgan fingerprint density at radius 2 is 1.71 bits per heavy atom. The molecule has 0 saturated heterocycles. The standard InChI is InChI=1S/C24H17BrN2O4/c25-21-13-16(12-19(14-26)17-7-9-18(10-8-17)24(29)30)6-11-22(21)31-15-23(28)27-20-4-2-1-3-5-20/h1-13H,15H2,(H,27,28)(H,29,30)/b19-12-. The van der Waals surface area contributed by atoms with Gasteiger partial charge >= 0.3 is 5.97 Å². The molecule has 1 amide bonds. The fraction of sp³-hybridized carbons (Fsp3) is 0.0417. The maximum Gasteiger partial charge on any atom is 0.335 e. The van der Waals surface area contributed by atoms with E-state index in [4.69, 9.17) is 9.84 Å². The molecule has 3 aromatic rings. The number of carbonyl (C=O) groups is 2. The van der Waals surface area contributed by atoms with E-state index in [2.05, 4.69) is 27.3 Å². The molecule has 0 bridgehead atoms. The highest BCUT2D eigenvalue weighted by atomic mass is 79.9. The molecular formula is C24H17BrN2O4. The number of nitriles is 1. The van der Waals surface area contributed by atoms with Crippen molar-refractivity contribution >= 4 is 45.1 Å². The monoisotopic (exact) mass is 476 g/mol. The zero-order valence-electron chi connectivity index (χ0n) is 16.2. The van der Waals surface area contributed by atoms with Crippen molar-refractivity contribution in [2.75, 3.05) is 11.9 Å². The van der Waals surface area contributed by atoms with Gasteiger partial charge in [-0.15, -0.1) is 0 Å². The van der Waals surface area contributed by atoms with E-state index >= 15 is 0 Å². The van der Waals surface area contributed by atoms with E-state index in [1.807, 2.05) is 18.2 Å². The lowest BCUT2D eigenvalue weighted by Gasteiger charge is -2.10. The number of anilines is 1. The van der Waals surface area contributed by atoms with Crippen molar-refractivity contribution in [3.8, 4) is 11.8 Å². The number of allylic oxidation sites excluding steroid dienone is 1. The predicted octanol–water partition coefficient (Wildman–Crippen LogP) is 5.23. The molecule has 0 fully saturated rings. The van der Waals surface area contributed by atoms with Gasteiger partial charge in [0.25, 0.3) is 5.91 Å². The Morgan fingerprint density at radius 1 is 1.03 bits per heavy atom. The summed E-state index contributed by atoms with van der Waals surface area (Å²) >= 11 is 3.42. The van der Waals surface area contributed by atoms with Crippen LogP contribution < -0.4 is 10.1 Å². The molecule has 2 N–H and O–H groups in total. The van der Waals surface area contributed by atoms with E-state index in [0.29, 0.717) is 27.0 Å².